The Labute approximate surface area is 222 Å². The van der Waals surface area contributed by atoms with E-state index in [0.717, 1.165) is 29.7 Å². The van der Waals surface area contributed by atoms with Crippen molar-refractivity contribution in [2.24, 2.45) is 0 Å². The van der Waals surface area contributed by atoms with Crippen LogP contribution in [0.15, 0.2) is 96.6 Å². The molecule has 0 spiro atoms. The van der Waals surface area contributed by atoms with Crippen LogP contribution in [0.5, 0.6) is 11.5 Å². The Kier molecular flexibility index (Phi) is 7.56. The summed E-state index contributed by atoms with van der Waals surface area (Å²) in [7, 11) is 1.58. The molecule has 1 amide bonds. The molecule has 0 aromatic heterocycles. The van der Waals surface area contributed by atoms with Crippen LogP contribution < -0.4 is 14.4 Å². The maximum atomic E-state index is 13.1. The third-order valence-electron chi connectivity index (χ3n) is 6.75. The van der Waals surface area contributed by atoms with Gasteiger partial charge in [-0.3, -0.25) is 4.79 Å². The summed E-state index contributed by atoms with van der Waals surface area (Å²) >= 11 is 0. The van der Waals surface area contributed by atoms with Gasteiger partial charge in [-0.05, 0) is 58.3 Å². The van der Waals surface area contributed by atoms with Gasteiger partial charge in [0.2, 0.25) is 0 Å². The molecule has 4 aromatic rings. The number of hydrogen-bond donors (Lipinski definition) is 0. The maximum Gasteiger partial charge on any atom is 0.264 e. The summed E-state index contributed by atoms with van der Waals surface area (Å²) in [6.45, 7) is 2.99. The van der Waals surface area contributed by atoms with Gasteiger partial charge in [0.15, 0.2) is 11.5 Å². The maximum absolute atomic E-state index is 13.1. The standard InChI is InChI=1S/C32H29N3O3/c1-37-31-21-24(12-14-30(31)38-23-25-11-13-26-7-5-6-8-27(26)20-25)19-28(22-33)32(36)35-17-15-34(16-18-35)29-9-3-2-4-10-29/h2-14,19-21H,15-18,23H2,1H3/b28-19+. The summed E-state index contributed by atoms with van der Waals surface area (Å²) in [6, 6.07) is 32.1. The minimum atomic E-state index is -0.254. The fourth-order valence-corrected chi connectivity index (χ4v) is 4.67. The molecule has 0 aliphatic carbocycles. The molecule has 0 radical (unpaired) electrons. The lowest BCUT2D eigenvalue weighted by Gasteiger charge is -2.36. The van der Waals surface area contributed by atoms with Gasteiger partial charge in [0.25, 0.3) is 5.91 Å². The Morgan fingerprint density at radius 3 is 2.34 bits per heavy atom. The molecule has 1 aliphatic rings. The van der Waals surface area contributed by atoms with Crippen molar-refractivity contribution in [1.82, 2.24) is 4.90 Å². The number of fused-ring (bicyclic) bond motifs is 1. The van der Waals surface area contributed by atoms with Gasteiger partial charge in [-0.1, -0.05) is 60.7 Å². The summed E-state index contributed by atoms with van der Waals surface area (Å²) in [5, 5.41) is 12.1. The van der Waals surface area contributed by atoms with E-state index in [0.29, 0.717) is 36.8 Å². The fourth-order valence-electron chi connectivity index (χ4n) is 4.67. The van der Waals surface area contributed by atoms with Crippen molar-refractivity contribution in [3.8, 4) is 17.6 Å². The zero-order valence-electron chi connectivity index (χ0n) is 21.3. The second-order valence-corrected chi connectivity index (χ2v) is 9.17. The van der Waals surface area contributed by atoms with E-state index in [1.807, 2.05) is 42.5 Å². The highest BCUT2D eigenvalue weighted by Crippen LogP contribution is 2.30. The van der Waals surface area contributed by atoms with E-state index in [9.17, 15) is 10.1 Å². The highest BCUT2D eigenvalue weighted by molar-refractivity contribution is 6.01. The highest BCUT2D eigenvalue weighted by Gasteiger charge is 2.24. The second kappa shape index (κ2) is 11.5. The van der Waals surface area contributed by atoms with Crippen LogP contribution in [-0.2, 0) is 11.4 Å². The normalized spacial score (nSPS) is 13.7. The minimum Gasteiger partial charge on any atom is -0.493 e. The molecule has 0 bridgehead atoms. The lowest BCUT2D eigenvalue weighted by atomic mass is 10.1. The summed E-state index contributed by atoms with van der Waals surface area (Å²) in [5.74, 6) is 0.885. The smallest absolute Gasteiger partial charge is 0.264 e. The van der Waals surface area contributed by atoms with Crippen LogP contribution in [-0.4, -0.2) is 44.1 Å². The van der Waals surface area contributed by atoms with Crippen molar-refractivity contribution < 1.29 is 14.3 Å². The van der Waals surface area contributed by atoms with Crippen LogP contribution in [0.2, 0.25) is 0 Å². The molecule has 0 unspecified atom stereocenters. The topological polar surface area (TPSA) is 65.8 Å². The molecule has 1 aliphatic heterocycles. The molecular formula is C32H29N3O3. The molecule has 0 saturated carbocycles. The van der Waals surface area contributed by atoms with Gasteiger partial charge < -0.3 is 19.3 Å². The number of benzene rings is 4. The summed E-state index contributed by atoms with van der Waals surface area (Å²) in [5.41, 5.74) is 3.00. The van der Waals surface area contributed by atoms with Gasteiger partial charge in [-0.25, -0.2) is 0 Å². The average molecular weight is 504 g/mol. The number of nitriles is 1. The highest BCUT2D eigenvalue weighted by atomic mass is 16.5. The SMILES string of the molecule is COc1cc(/C=C(\C#N)C(=O)N2CCN(c3ccccc3)CC2)ccc1OCc1ccc2ccccc2c1. The van der Waals surface area contributed by atoms with Crippen molar-refractivity contribution in [2.45, 2.75) is 6.61 Å². The van der Waals surface area contributed by atoms with Crippen LogP contribution >= 0.6 is 0 Å². The molecule has 6 nitrogen and oxygen atoms in total. The van der Waals surface area contributed by atoms with Gasteiger partial charge in [0, 0.05) is 31.9 Å². The van der Waals surface area contributed by atoms with Gasteiger partial charge in [-0.15, -0.1) is 0 Å². The summed E-state index contributed by atoms with van der Waals surface area (Å²) < 4.78 is 11.6. The van der Waals surface area contributed by atoms with Gasteiger partial charge in [-0.2, -0.15) is 5.26 Å². The van der Waals surface area contributed by atoms with Gasteiger partial charge >= 0.3 is 0 Å². The molecule has 190 valence electrons. The Morgan fingerprint density at radius 1 is 0.868 bits per heavy atom. The van der Waals surface area contributed by atoms with E-state index >= 15 is 0 Å². The molecule has 6 heteroatoms. The lowest BCUT2D eigenvalue weighted by molar-refractivity contribution is -0.126. The van der Waals surface area contributed by atoms with E-state index in [1.54, 1.807) is 24.2 Å². The zero-order chi connectivity index (χ0) is 26.3. The predicted octanol–water partition coefficient (Wildman–Crippen LogP) is 5.68. The van der Waals surface area contributed by atoms with Gasteiger partial charge in [0.1, 0.15) is 18.2 Å². The van der Waals surface area contributed by atoms with E-state index in [2.05, 4.69) is 53.4 Å². The third kappa shape index (κ3) is 5.63. The number of anilines is 1. The minimum absolute atomic E-state index is 0.102. The number of rotatable bonds is 7. The molecule has 5 rings (SSSR count). The van der Waals surface area contributed by atoms with E-state index in [1.165, 1.54) is 5.39 Å². The van der Waals surface area contributed by atoms with Crippen LogP contribution in [0.3, 0.4) is 0 Å². The van der Waals surface area contributed by atoms with E-state index in [4.69, 9.17) is 9.47 Å². The van der Waals surface area contributed by atoms with Crippen molar-refractivity contribution in [2.75, 3.05) is 38.2 Å². The van der Waals surface area contributed by atoms with Crippen molar-refractivity contribution in [1.29, 1.82) is 5.26 Å². The number of nitrogens with zero attached hydrogens (tertiary/aromatic N) is 3. The first-order valence-corrected chi connectivity index (χ1v) is 12.6. The quantitative estimate of drug-likeness (QED) is 0.240. The molecule has 0 atom stereocenters. The number of para-hydroxylation sites is 1. The summed E-state index contributed by atoms with van der Waals surface area (Å²) in [6.07, 6.45) is 1.61. The monoisotopic (exact) mass is 503 g/mol. The Morgan fingerprint density at radius 2 is 1.61 bits per heavy atom. The van der Waals surface area contributed by atoms with Crippen molar-refractivity contribution >= 4 is 28.4 Å². The number of piperazine rings is 1. The van der Waals surface area contributed by atoms with Crippen molar-refractivity contribution in [3.05, 3.63) is 108 Å². The number of carbonyl (C=O) groups is 1. The first-order valence-electron chi connectivity index (χ1n) is 12.6. The predicted molar refractivity (Wildman–Crippen MR) is 150 cm³/mol. The molecule has 0 N–H and O–H groups in total. The molecular weight excluding hydrogens is 474 g/mol. The molecule has 1 heterocycles. The Hall–Kier alpha value is -4.76. The van der Waals surface area contributed by atoms with Crippen LogP contribution in [0.4, 0.5) is 5.69 Å². The largest absolute Gasteiger partial charge is 0.493 e. The number of methoxy groups -OCH3 is 1. The Bertz CT molecular complexity index is 1500. The lowest BCUT2D eigenvalue weighted by Crippen LogP contribution is -2.49. The fraction of sp³-hybridized carbons (Fsp3) is 0.188. The second-order valence-electron chi connectivity index (χ2n) is 9.17. The molecule has 1 fully saturated rings. The molecule has 38 heavy (non-hydrogen) atoms. The van der Waals surface area contributed by atoms with E-state index in [-0.39, 0.29) is 11.5 Å². The number of ether oxygens (including phenoxy) is 2. The average Bonchev–Trinajstić information content (AvgIpc) is 2.99. The zero-order valence-corrected chi connectivity index (χ0v) is 21.3. The number of amides is 1. The van der Waals surface area contributed by atoms with Gasteiger partial charge in [0.05, 0.1) is 7.11 Å². The first kappa shape index (κ1) is 24.9. The Balaban J connectivity index is 1.25. The van der Waals surface area contributed by atoms with Crippen LogP contribution in [0.1, 0.15) is 11.1 Å². The van der Waals surface area contributed by atoms with Crippen LogP contribution in [0, 0.1) is 11.3 Å². The summed E-state index contributed by atoms with van der Waals surface area (Å²) in [4.78, 5) is 17.1. The first-order chi connectivity index (χ1) is 18.6. The molecule has 4 aromatic carbocycles. The number of hydrogen-bond acceptors (Lipinski definition) is 5. The van der Waals surface area contributed by atoms with Crippen LogP contribution in [0.25, 0.3) is 16.8 Å². The van der Waals surface area contributed by atoms with E-state index < -0.39 is 0 Å². The number of carbonyl (C=O) groups excluding carboxylic acids is 1. The molecule has 1 saturated heterocycles. The third-order valence-corrected chi connectivity index (χ3v) is 6.75. The van der Waals surface area contributed by atoms with Crippen molar-refractivity contribution in [3.63, 3.8) is 0 Å².